The van der Waals surface area contributed by atoms with E-state index in [9.17, 15) is 9.90 Å². The zero-order chi connectivity index (χ0) is 23.3. The molecule has 1 aliphatic heterocycles. The van der Waals surface area contributed by atoms with Gasteiger partial charge in [0.1, 0.15) is 0 Å². The summed E-state index contributed by atoms with van der Waals surface area (Å²) in [5.41, 5.74) is 3.50. The molecule has 2 aromatic carbocycles. The zero-order valence-corrected chi connectivity index (χ0v) is 18.9. The molecule has 2 aromatic heterocycles. The Morgan fingerprint density at radius 3 is 2.71 bits per heavy atom. The molecule has 34 heavy (non-hydrogen) atoms. The van der Waals surface area contributed by atoms with E-state index < -0.39 is 6.10 Å². The van der Waals surface area contributed by atoms with Crippen LogP contribution < -0.4 is 10.6 Å². The topological polar surface area (TPSA) is 87.1 Å². The molecule has 1 fully saturated rings. The van der Waals surface area contributed by atoms with Crippen molar-refractivity contribution in [1.82, 2.24) is 20.6 Å². The summed E-state index contributed by atoms with van der Waals surface area (Å²) in [7, 11) is 0. The maximum atomic E-state index is 12.7. The van der Waals surface area contributed by atoms with Crippen molar-refractivity contribution in [2.45, 2.75) is 44.0 Å². The van der Waals surface area contributed by atoms with Crippen molar-refractivity contribution in [2.75, 3.05) is 0 Å². The molecule has 6 nitrogen and oxygen atoms in total. The lowest BCUT2D eigenvalue weighted by atomic mass is 10.0. The first kappa shape index (κ1) is 22.2. The smallest absolute Gasteiger partial charge is 0.251 e. The van der Waals surface area contributed by atoms with E-state index in [0.717, 1.165) is 41.3 Å². The Morgan fingerprint density at radius 2 is 1.88 bits per heavy atom. The molecule has 1 aliphatic rings. The number of carbonyl (C=O) groups excluding carboxylic acids is 1. The minimum Gasteiger partial charge on any atom is -0.387 e. The molecule has 5 rings (SSSR count). The van der Waals surface area contributed by atoms with Crippen LogP contribution in [0.3, 0.4) is 0 Å². The Kier molecular flexibility index (Phi) is 6.60. The highest BCUT2D eigenvalue weighted by atomic mass is 16.3. The SMILES string of the molecule is O=C(NCc1nccc2ccccc12)c1ccc(C[C@@H]2CC[C@H]([C@H](O)c3cccnc3)N2)cc1. The first-order valence-corrected chi connectivity index (χ1v) is 11.7. The summed E-state index contributed by atoms with van der Waals surface area (Å²) >= 11 is 0. The fraction of sp³-hybridized carbons (Fsp3) is 0.250. The quantitative estimate of drug-likeness (QED) is 0.395. The van der Waals surface area contributed by atoms with Gasteiger partial charge in [-0.3, -0.25) is 14.8 Å². The van der Waals surface area contributed by atoms with Gasteiger partial charge in [0.25, 0.3) is 5.91 Å². The van der Waals surface area contributed by atoms with Gasteiger partial charge in [0, 0.05) is 47.2 Å². The molecule has 6 heteroatoms. The lowest BCUT2D eigenvalue weighted by molar-refractivity contribution is 0.0950. The van der Waals surface area contributed by atoms with Gasteiger partial charge in [-0.2, -0.15) is 0 Å². The number of aromatic nitrogens is 2. The molecular weight excluding hydrogens is 424 g/mol. The Balaban J connectivity index is 1.15. The molecule has 4 aromatic rings. The van der Waals surface area contributed by atoms with Gasteiger partial charge in [0.05, 0.1) is 18.3 Å². The van der Waals surface area contributed by atoms with Crippen molar-refractivity contribution in [3.8, 4) is 0 Å². The fourth-order valence-electron chi connectivity index (χ4n) is 4.71. The van der Waals surface area contributed by atoms with Crippen LogP contribution in [0.15, 0.2) is 85.3 Å². The largest absolute Gasteiger partial charge is 0.387 e. The minimum absolute atomic E-state index is 0.0296. The molecule has 1 saturated heterocycles. The van der Waals surface area contributed by atoms with Gasteiger partial charge in [-0.1, -0.05) is 42.5 Å². The molecule has 1 amide bonds. The van der Waals surface area contributed by atoms with Crippen LogP contribution in [0.25, 0.3) is 10.8 Å². The summed E-state index contributed by atoms with van der Waals surface area (Å²) in [5.74, 6) is -0.111. The van der Waals surface area contributed by atoms with Crippen LogP contribution >= 0.6 is 0 Å². The summed E-state index contributed by atoms with van der Waals surface area (Å²) in [6, 6.07) is 21.9. The molecule has 0 bridgehead atoms. The highest BCUT2D eigenvalue weighted by molar-refractivity contribution is 5.94. The highest BCUT2D eigenvalue weighted by Crippen LogP contribution is 2.26. The molecule has 0 unspecified atom stereocenters. The van der Waals surface area contributed by atoms with Crippen LogP contribution in [0.1, 0.15) is 46.1 Å². The number of hydrogen-bond acceptors (Lipinski definition) is 5. The number of benzene rings is 2. The third kappa shape index (κ3) is 4.98. The molecule has 3 heterocycles. The highest BCUT2D eigenvalue weighted by Gasteiger charge is 2.30. The number of nitrogens with one attached hydrogen (secondary N) is 2. The van der Waals surface area contributed by atoms with Gasteiger partial charge in [-0.15, -0.1) is 0 Å². The first-order valence-electron chi connectivity index (χ1n) is 11.7. The van der Waals surface area contributed by atoms with E-state index in [1.807, 2.05) is 66.7 Å². The van der Waals surface area contributed by atoms with E-state index in [0.29, 0.717) is 18.2 Å². The second-order valence-corrected chi connectivity index (χ2v) is 8.84. The van der Waals surface area contributed by atoms with E-state index in [4.69, 9.17) is 0 Å². The van der Waals surface area contributed by atoms with E-state index in [1.54, 1.807) is 18.6 Å². The molecule has 0 saturated carbocycles. The zero-order valence-electron chi connectivity index (χ0n) is 18.9. The molecule has 3 atom stereocenters. The van der Waals surface area contributed by atoms with E-state index in [-0.39, 0.29) is 11.9 Å². The molecule has 172 valence electrons. The van der Waals surface area contributed by atoms with Crippen LogP contribution in [-0.4, -0.2) is 33.1 Å². The van der Waals surface area contributed by atoms with Crippen LogP contribution in [0, 0.1) is 0 Å². The van der Waals surface area contributed by atoms with Crippen molar-refractivity contribution < 1.29 is 9.90 Å². The number of nitrogens with zero attached hydrogens (tertiary/aromatic N) is 2. The first-order chi connectivity index (χ1) is 16.7. The van der Waals surface area contributed by atoms with Crippen molar-refractivity contribution in [3.63, 3.8) is 0 Å². The van der Waals surface area contributed by atoms with E-state index in [1.165, 1.54) is 5.56 Å². The number of pyridine rings is 2. The fourth-order valence-corrected chi connectivity index (χ4v) is 4.71. The molecular formula is C28H28N4O2. The van der Waals surface area contributed by atoms with E-state index >= 15 is 0 Å². The number of rotatable bonds is 7. The Bertz CT molecular complexity index is 1260. The van der Waals surface area contributed by atoms with Gasteiger partial charge in [0.2, 0.25) is 0 Å². The lowest BCUT2D eigenvalue weighted by Gasteiger charge is -2.20. The van der Waals surface area contributed by atoms with E-state index in [2.05, 4.69) is 20.6 Å². The second-order valence-electron chi connectivity index (χ2n) is 8.84. The van der Waals surface area contributed by atoms with Crippen LogP contribution in [0.5, 0.6) is 0 Å². The maximum Gasteiger partial charge on any atom is 0.251 e. The maximum absolute atomic E-state index is 12.7. The summed E-state index contributed by atoms with van der Waals surface area (Å²) < 4.78 is 0. The van der Waals surface area contributed by atoms with Crippen LogP contribution in [-0.2, 0) is 13.0 Å². The summed E-state index contributed by atoms with van der Waals surface area (Å²) in [4.78, 5) is 21.2. The third-order valence-electron chi connectivity index (χ3n) is 6.55. The average Bonchev–Trinajstić information content (AvgIpc) is 3.36. The van der Waals surface area contributed by atoms with Gasteiger partial charge >= 0.3 is 0 Å². The summed E-state index contributed by atoms with van der Waals surface area (Å²) in [6.07, 6.45) is 7.44. The van der Waals surface area contributed by atoms with Crippen molar-refractivity contribution in [1.29, 1.82) is 0 Å². The van der Waals surface area contributed by atoms with Crippen molar-refractivity contribution in [3.05, 3.63) is 108 Å². The number of fused-ring (bicyclic) bond motifs is 1. The van der Waals surface area contributed by atoms with Crippen molar-refractivity contribution in [2.24, 2.45) is 0 Å². The molecule has 0 aliphatic carbocycles. The van der Waals surface area contributed by atoms with Gasteiger partial charge in [0.15, 0.2) is 0 Å². The summed E-state index contributed by atoms with van der Waals surface area (Å²) in [5, 5.41) is 19.4. The molecule has 0 radical (unpaired) electrons. The number of carbonyl (C=O) groups is 1. The Labute approximate surface area is 199 Å². The van der Waals surface area contributed by atoms with Crippen LogP contribution in [0.4, 0.5) is 0 Å². The molecule has 0 spiro atoms. The average molecular weight is 453 g/mol. The number of aliphatic hydroxyl groups excluding tert-OH is 1. The predicted molar refractivity (Wildman–Crippen MR) is 132 cm³/mol. The summed E-state index contributed by atoms with van der Waals surface area (Å²) in [6.45, 7) is 0.384. The number of amides is 1. The third-order valence-corrected chi connectivity index (χ3v) is 6.55. The Morgan fingerprint density at radius 1 is 1.03 bits per heavy atom. The molecule has 3 N–H and O–H groups in total. The Hall–Kier alpha value is -3.61. The van der Waals surface area contributed by atoms with Crippen molar-refractivity contribution >= 4 is 16.7 Å². The monoisotopic (exact) mass is 452 g/mol. The standard InChI is InChI=1S/C28H28N4O2/c33-27(22-5-3-14-29-17-22)25-12-11-23(32-25)16-19-7-9-21(10-8-19)28(34)31-18-26-24-6-2-1-4-20(24)13-15-30-26/h1-10,13-15,17,23,25,27,32-33H,11-12,16,18H2,(H,31,34)/t23-,25+,27+/m0/s1. The van der Waals surface area contributed by atoms with Crippen LogP contribution in [0.2, 0.25) is 0 Å². The minimum atomic E-state index is -0.555. The van der Waals surface area contributed by atoms with Gasteiger partial charge in [-0.25, -0.2) is 0 Å². The normalized spacial score (nSPS) is 18.6. The lowest BCUT2D eigenvalue weighted by Crippen LogP contribution is -2.35. The number of hydrogen-bond donors (Lipinski definition) is 3. The number of aliphatic hydroxyl groups is 1. The van der Waals surface area contributed by atoms with Gasteiger partial charge in [-0.05, 0) is 54.5 Å². The predicted octanol–water partition coefficient (Wildman–Crippen LogP) is 3.96. The second kappa shape index (κ2) is 10.1. The van der Waals surface area contributed by atoms with Gasteiger partial charge < -0.3 is 15.7 Å².